The van der Waals surface area contributed by atoms with E-state index in [-0.39, 0.29) is 11.7 Å². The number of fused-ring (bicyclic) bond motifs is 1. The Morgan fingerprint density at radius 2 is 1.92 bits per heavy atom. The van der Waals surface area contributed by atoms with Gasteiger partial charge in [0.05, 0.1) is 18.3 Å². The third-order valence-electron chi connectivity index (χ3n) is 5.62. The highest BCUT2D eigenvalue weighted by Gasteiger charge is 2.13. The van der Waals surface area contributed by atoms with Gasteiger partial charge in [0.15, 0.2) is 0 Å². The Hall–Kier alpha value is -4.30. The number of anilines is 3. The largest absolute Gasteiger partial charge is 0.494 e. The van der Waals surface area contributed by atoms with Crippen LogP contribution in [-0.2, 0) is 11.3 Å². The second-order valence-electron chi connectivity index (χ2n) is 8.45. The molecule has 8 heteroatoms. The van der Waals surface area contributed by atoms with E-state index in [4.69, 9.17) is 4.74 Å². The molecule has 0 spiro atoms. The molecule has 7 nitrogen and oxygen atoms in total. The van der Waals surface area contributed by atoms with Crippen molar-refractivity contribution in [3.05, 3.63) is 96.1 Å². The Balaban J connectivity index is 1.49. The van der Waals surface area contributed by atoms with Crippen molar-refractivity contribution < 1.29 is 13.9 Å². The first kappa shape index (κ1) is 24.8. The van der Waals surface area contributed by atoms with Crippen LogP contribution < -0.4 is 15.4 Å². The minimum atomic E-state index is -0.277. The molecule has 0 radical (unpaired) electrons. The summed E-state index contributed by atoms with van der Waals surface area (Å²) in [5, 5.41) is 6.77. The van der Waals surface area contributed by atoms with Gasteiger partial charge >= 0.3 is 0 Å². The average molecular weight is 486 g/mol. The molecule has 1 amide bonds. The third-order valence-corrected chi connectivity index (χ3v) is 5.62. The van der Waals surface area contributed by atoms with Gasteiger partial charge in [-0.3, -0.25) is 9.69 Å². The maximum Gasteiger partial charge on any atom is 0.248 e. The Bertz CT molecular complexity index is 1390. The van der Waals surface area contributed by atoms with Crippen molar-refractivity contribution >= 4 is 34.0 Å². The van der Waals surface area contributed by atoms with Gasteiger partial charge in [-0.25, -0.2) is 14.4 Å². The molecule has 4 rings (SSSR count). The second-order valence-corrected chi connectivity index (χ2v) is 8.45. The number of nitrogens with zero attached hydrogens (tertiary/aromatic N) is 3. The van der Waals surface area contributed by atoms with E-state index in [1.54, 1.807) is 31.2 Å². The minimum absolute atomic E-state index is 0.276. The average Bonchev–Trinajstić information content (AvgIpc) is 2.87. The number of aromatic nitrogens is 2. The van der Waals surface area contributed by atoms with Crippen LogP contribution in [0.4, 0.5) is 21.6 Å². The number of nitrogens with one attached hydrogen (secondary N) is 2. The van der Waals surface area contributed by atoms with Crippen molar-refractivity contribution in [2.24, 2.45) is 0 Å². The summed E-state index contributed by atoms with van der Waals surface area (Å²) in [7, 11) is 3.53. The van der Waals surface area contributed by atoms with Gasteiger partial charge < -0.3 is 15.4 Å². The number of halogens is 1. The number of benzene rings is 3. The molecule has 0 atom stereocenters. The Morgan fingerprint density at radius 3 is 2.67 bits per heavy atom. The van der Waals surface area contributed by atoms with Gasteiger partial charge in [-0.2, -0.15) is 0 Å². The molecule has 1 aromatic heterocycles. The van der Waals surface area contributed by atoms with Crippen LogP contribution in [0.2, 0.25) is 0 Å². The zero-order valence-corrected chi connectivity index (χ0v) is 20.5. The van der Waals surface area contributed by atoms with E-state index in [9.17, 15) is 9.18 Å². The molecule has 184 valence electrons. The summed E-state index contributed by atoms with van der Waals surface area (Å²) >= 11 is 0. The molecule has 0 saturated heterocycles. The van der Waals surface area contributed by atoms with Crippen molar-refractivity contribution in [1.82, 2.24) is 14.9 Å². The lowest BCUT2D eigenvalue weighted by molar-refractivity contribution is -0.111. The number of carbonyl (C=O) groups excluding carboxylic acids is 1. The van der Waals surface area contributed by atoms with Crippen molar-refractivity contribution in [3.63, 3.8) is 0 Å². The van der Waals surface area contributed by atoms with Crippen molar-refractivity contribution in [1.29, 1.82) is 0 Å². The Labute approximate surface area is 209 Å². The third kappa shape index (κ3) is 6.22. The van der Waals surface area contributed by atoms with Crippen LogP contribution in [0.1, 0.15) is 11.1 Å². The molecule has 2 N–H and O–H groups in total. The molecule has 0 aliphatic heterocycles. The van der Waals surface area contributed by atoms with E-state index in [0.717, 1.165) is 6.54 Å². The Morgan fingerprint density at radius 1 is 1.11 bits per heavy atom. The van der Waals surface area contributed by atoms with Crippen LogP contribution in [0.5, 0.6) is 5.75 Å². The fraction of sp³-hybridized carbons (Fsp3) is 0.179. The van der Waals surface area contributed by atoms with Crippen LogP contribution in [0.25, 0.3) is 10.9 Å². The first-order chi connectivity index (χ1) is 17.4. The van der Waals surface area contributed by atoms with Gasteiger partial charge in [-0.1, -0.05) is 36.4 Å². The van der Waals surface area contributed by atoms with Gasteiger partial charge in [0.1, 0.15) is 23.7 Å². The first-order valence-electron chi connectivity index (χ1n) is 11.5. The molecule has 0 saturated carbocycles. The molecule has 3 aromatic carbocycles. The maximum absolute atomic E-state index is 13.7. The minimum Gasteiger partial charge on any atom is -0.494 e. The second kappa shape index (κ2) is 11.4. The Kier molecular flexibility index (Phi) is 7.87. The predicted molar refractivity (Wildman–Crippen MR) is 141 cm³/mol. The summed E-state index contributed by atoms with van der Waals surface area (Å²) in [5.74, 6) is 0.457. The molecule has 0 unspecified atom stereocenters. The summed E-state index contributed by atoms with van der Waals surface area (Å²) in [6.45, 7) is 3.11. The van der Waals surface area contributed by atoms with Crippen LogP contribution in [0.3, 0.4) is 0 Å². The lowest BCUT2D eigenvalue weighted by atomic mass is 10.1. The molecule has 0 bridgehead atoms. The monoisotopic (exact) mass is 485 g/mol. The van der Waals surface area contributed by atoms with Crippen LogP contribution in [0.15, 0.2) is 79.1 Å². The van der Waals surface area contributed by atoms with Gasteiger partial charge in [0, 0.05) is 36.3 Å². The van der Waals surface area contributed by atoms with Crippen molar-refractivity contribution in [3.8, 4) is 5.75 Å². The molecular weight excluding hydrogens is 457 g/mol. The highest BCUT2D eigenvalue weighted by Crippen LogP contribution is 2.33. The number of methoxy groups -OCH3 is 1. The van der Waals surface area contributed by atoms with Crippen LogP contribution in [0, 0.1) is 12.7 Å². The SMILES string of the molecule is COc1cc2ncnc(Nc3ccc(F)c(C)c3)c2cc1NC(=O)/C=C/CN(C)Cc1ccccc1. The fourth-order valence-electron chi connectivity index (χ4n) is 3.78. The van der Waals surface area contributed by atoms with Gasteiger partial charge in [0.2, 0.25) is 5.91 Å². The highest BCUT2D eigenvalue weighted by molar-refractivity contribution is 6.03. The van der Waals surface area contributed by atoms with E-state index >= 15 is 0 Å². The number of amides is 1. The zero-order valence-electron chi connectivity index (χ0n) is 20.5. The standard InChI is InChI=1S/C28H28FN5O2/c1-19-14-21(11-12-23(19)29)32-28-22-15-25(26(36-3)16-24(22)30-18-31-28)33-27(35)10-7-13-34(2)17-20-8-5-4-6-9-20/h4-12,14-16,18H,13,17H2,1-3H3,(H,33,35)(H,30,31,32)/b10-7+. The quantitative estimate of drug-likeness (QED) is 0.307. The molecule has 0 aliphatic carbocycles. The fourth-order valence-corrected chi connectivity index (χ4v) is 3.78. The van der Waals surface area contributed by atoms with Gasteiger partial charge in [-0.05, 0) is 49.4 Å². The number of likely N-dealkylation sites (N-methyl/N-ethyl adjacent to an activating group) is 1. The number of carbonyl (C=O) groups is 1. The zero-order chi connectivity index (χ0) is 25.5. The number of hydrogen-bond donors (Lipinski definition) is 2. The number of hydrogen-bond acceptors (Lipinski definition) is 6. The van der Waals surface area contributed by atoms with Crippen molar-refractivity contribution in [2.45, 2.75) is 13.5 Å². The molecular formula is C28H28FN5O2. The molecule has 4 aromatic rings. The van der Waals surface area contributed by atoms with Crippen LogP contribution >= 0.6 is 0 Å². The number of aryl methyl sites for hydroxylation is 1. The summed E-state index contributed by atoms with van der Waals surface area (Å²) < 4.78 is 19.1. The van der Waals surface area contributed by atoms with Crippen LogP contribution in [-0.4, -0.2) is 41.5 Å². The van der Waals surface area contributed by atoms with E-state index in [0.29, 0.717) is 46.0 Å². The molecule has 1 heterocycles. The van der Waals surface area contributed by atoms with Gasteiger partial charge in [0.25, 0.3) is 0 Å². The lowest BCUT2D eigenvalue weighted by Crippen LogP contribution is -2.18. The topological polar surface area (TPSA) is 79.4 Å². The summed E-state index contributed by atoms with van der Waals surface area (Å²) in [6, 6.07) is 18.4. The maximum atomic E-state index is 13.7. The number of rotatable bonds is 9. The van der Waals surface area contributed by atoms with Gasteiger partial charge in [-0.15, -0.1) is 0 Å². The lowest BCUT2D eigenvalue weighted by Gasteiger charge is -2.14. The normalized spacial score (nSPS) is 11.2. The van der Waals surface area contributed by atoms with E-state index in [2.05, 4.69) is 37.6 Å². The molecule has 0 aliphatic rings. The molecule has 36 heavy (non-hydrogen) atoms. The first-order valence-corrected chi connectivity index (χ1v) is 11.5. The van der Waals surface area contributed by atoms with E-state index < -0.39 is 0 Å². The number of ether oxygens (including phenoxy) is 1. The smallest absolute Gasteiger partial charge is 0.248 e. The highest BCUT2D eigenvalue weighted by atomic mass is 19.1. The summed E-state index contributed by atoms with van der Waals surface area (Å²) in [6.07, 6.45) is 4.76. The molecule has 0 fully saturated rings. The van der Waals surface area contributed by atoms with E-state index in [1.807, 2.05) is 31.3 Å². The van der Waals surface area contributed by atoms with Crippen molar-refractivity contribution in [2.75, 3.05) is 31.3 Å². The predicted octanol–water partition coefficient (Wildman–Crippen LogP) is 5.46. The summed E-state index contributed by atoms with van der Waals surface area (Å²) in [5.41, 5.74) is 3.55. The van der Waals surface area contributed by atoms with E-state index in [1.165, 1.54) is 31.1 Å². The summed E-state index contributed by atoms with van der Waals surface area (Å²) in [4.78, 5) is 23.4.